The van der Waals surface area contributed by atoms with Gasteiger partial charge in [-0.3, -0.25) is 0 Å². The van der Waals surface area contributed by atoms with E-state index in [-0.39, 0.29) is 12.4 Å². The molecule has 1 saturated heterocycles. The van der Waals surface area contributed by atoms with E-state index < -0.39 is 0 Å². The summed E-state index contributed by atoms with van der Waals surface area (Å²) in [6, 6.07) is 3.04. The van der Waals surface area contributed by atoms with E-state index in [0.29, 0.717) is 12.1 Å². The molecule has 1 aromatic heterocycles. The van der Waals surface area contributed by atoms with Crippen LogP contribution in [0, 0.1) is 0 Å². The zero-order valence-corrected chi connectivity index (χ0v) is 11.2. The largest absolute Gasteiger partial charge is 0.367 e. The van der Waals surface area contributed by atoms with Crippen LogP contribution in [0.2, 0.25) is 0 Å². The number of hydrogen-bond acceptors (Lipinski definition) is 5. The minimum absolute atomic E-state index is 0. The average Bonchev–Trinajstić information content (AvgIpc) is 3.14. The molecule has 2 aliphatic rings. The SMILES string of the molecule is Cl.NC1CCN(c2cc(NC3CC3)ncn2)CC1. The van der Waals surface area contributed by atoms with E-state index in [4.69, 9.17) is 5.73 Å². The smallest absolute Gasteiger partial charge is 0.134 e. The van der Waals surface area contributed by atoms with Gasteiger partial charge in [-0.05, 0) is 25.7 Å². The molecule has 0 unspecified atom stereocenters. The third-order valence-corrected chi connectivity index (χ3v) is 3.45. The highest BCUT2D eigenvalue weighted by Gasteiger charge is 2.22. The number of nitrogens with one attached hydrogen (secondary N) is 1. The van der Waals surface area contributed by atoms with E-state index in [2.05, 4.69) is 26.3 Å². The van der Waals surface area contributed by atoms with Crippen LogP contribution in [0.25, 0.3) is 0 Å². The minimum atomic E-state index is 0. The van der Waals surface area contributed by atoms with Gasteiger partial charge < -0.3 is 16.0 Å². The summed E-state index contributed by atoms with van der Waals surface area (Å²) in [5.74, 6) is 1.97. The van der Waals surface area contributed by atoms with Gasteiger partial charge in [0.2, 0.25) is 0 Å². The first-order chi connectivity index (χ1) is 8.31. The molecule has 1 aliphatic carbocycles. The first-order valence-electron chi connectivity index (χ1n) is 6.40. The Hall–Kier alpha value is -1.07. The Balaban J connectivity index is 0.00000120. The number of aromatic nitrogens is 2. The molecule has 3 rings (SSSR count). The van der Waals surface area contributed by atoms with E-state index in [1.165, 1.54) is 12.8 Å². The zero-order chi connectivity index (χ0) is 11.7. The maximum atomic E-state index is 5.91. The maximum absolute atomic E-state index is 5.91. The Bertz CT molecular complexity index is 388. The Kier molecular flexibility index (Phi) is 4.24. The summed E-state index contributed by atoms with van der Waals surface area (Å²) in [4.78, 5) is 10.9. The van der Waals surface area contributed by atoms with Crippen molar-refractivity contribution in [1.82, 2.24) is 9.97 Å². The highest BCUT2D eigenvalue weighted by molar-refractivity contribution is 5.85. The van der Waals surface area contributed by atoms with Gasteiger partial charge in [-0.1, -0.05) is 0 Å². The van der Waals surface area contributed by atoms with Crippen molar-refractivity contribution in [2.45, 2.75) is 37.8 Å². The highest BCUT2D eigenvalue weighted by Crippen LogP contribution is 2.25. The van der Waals surface area contributed by atoms with Gasteiger partial charge in [0.15, 0.2) is 0 Å². The van der Waals surface area contributed by atoms with Crippen molar-refractivity contribution in [1.29, 1.82) is 0 Å². The second kappa shape index (κ2) is 5.71. The van der Waals surface area contributed by atoms with Gasteiger partial charge in [0.05, 0.1) is 0 Å². The van der Waals surface area contributed by atoms with E-state index in [0.717, 1.165) is 37.6 Å². The lowest BCUT2D eigenvalue weighted by Gasteiger charge is -2.31. The van der Waals surface area contributed by atoms with Crippen molar-refractivity contribution >= 4 is 24.0 Å². The number of hydrogen-bond donors (Lipinski definition) is 2. The van der Waals surface area contributed by atoms with Crippen molar-refractivity contribution in [3.63, 3.8) is 0 Å². The van der Waals surface area contributed by atoms with Crippen LogP contribution in [-0.2, 0) is 0 Å². The van der Waals surface area contributed by atoms with Crippen LogP contribution in [0.5, 0.6) is 0 Å². The predicted molar refractivity (Wildman–Crippen MR) is 75.3 cm³/mol. The molecular formula is C12H20ClN5. The van der Waals surface area contributed by atoms with Crippen LogP contribution >= 0.6 is 12.4 Å². The molecule has 18 heavy (non-hydrogen) atoms. The molecule has 0 bridgehead atoms. The van der Waals surface area contributed by atoms with E-state index >= 15 is 0 Å². The Morgan fingerprint density at radius 2 is 1.89 bits per heavy atom. The topological polar surface area (TPSA) is 67.1 Å². The fourth-order valence-electron chi connectivity index (χ4n) is 2.16. The summed E-state index contributed by atoms with van der Waals surface area (Å²) < 4.78 is 0. The van der Waals surface area contributed by atoms with Crippen LogP contribution in [-0.4, -0.2) is 35.1 Å². The summed E-state index contributed by atoms with van der Waals surface area (Å²) in [6.07, 6.45) is 6.27. The Labute approximate surface area is 114 Å². The number of rotatable bonds is 3. The van der Waals surface area contributed by atoms with Gasteiger partial charge >= 0.3 is 0 Å². The van der Waals surface area contributed by atoms with Gasteiger partial charge in [0, 0.05) is 31.2 Å². The zero-order valence-electron chi connectivity index (χ0n) is 10.4. The van der Waals surface area contributed by atoms with E-state index in [9.17, 15) is 0 Å². The van der Waals surface area contributed by atoms with Crippen LogP contribution in [0.15, 0.2) is 12.4 Å². The molecular weight excluding hydrogens is 250 g/mol. The minimum Gasteiger partial charge on any atom is -0.367 e. The van der Waals surface area contributed by atoms with E-state index in [1.54, 1.807) is 6.33 Å². The standard InChI is InChI=1S/C12H19N5.ClH/c13-9-3-5-17(6-4-9)12-7-11(14-8-15-12)16-10-1-2-10;/h7-10H,1-6,13H2,(H,14,15,16);1H. The quantitative estimate of drug-likeness (QED) is 0.868. The van der Waals surface area contributed by atoms with Gasteiger partial charge in [-0.2, -0.15) is 0 Å². The number of nitrogens with zero attached hydrogens (tertiary/aromatic N) is 3. The highest BCUT2D eigenvalue weighted by atomic mass is 35.5. The fourth-order valence-corrected chi connectivity index (χ4v) is 2.16. The summed E-state index contributed by atoms with van der Waals surface area (Å²) in [6.45, 7) is 2.00. The summed E-state index contributed by atoms with van der Waals surface area (Å²) >= 11 is 0. The van der Waals surface area contributed by atoms with Crippen molar-refractivity contribution < 1.29 is 0 Å². The number of piperidine rings is 1. The van der Waals surface area contributed by atoms with Crippen molar-refractivity contribution in [2.75, 3.05) is 23.3 Å². The number of nitrogens with two attached hydrogens (primary N) is 1. The fraction of sp³-hybridized carbons (Fsp3) is 0.667. The van der Waals surface area contributed by atoms with Gasteiger partial charge in [0.1, 0.15) is 18.0 Å². The van der Waals surface area contributed by atoms with Crippen LogP contribution in [0.4, 0.5) is 11.6 Å². The molecule has 3 N–H and O–H groups in total. The van der Waals surface area contributed by atoms with Gasteiger partial charge in [-0.25, -0.2) is 9.97 Å². The maximum Gasteiger partial charge on any atom is 0.134 e. The molecule has 1 aliphatic heterocycles. The molecule has 100 valence electrons. The first kappa shape index (κ1) is 13.4. The van der Waals surface area contributed by atoms with Crippen molar-refractivity contribution in [3.05, 3.63) is 12.4 Å². The Morgan fingerprint density at radius 3 is 2.56 bits per heavy atom. The summed E-state index contributed by atoms with van der Waals surface area (Å²) in [5, 5.41) is 3.40. The molecule has 1 aromatic rings. The van der Waals surface area contributed by atoms with Gasteiger partial charge in [0.25, 0.3) is 0 Å². The molecule has 1 saturated carbocycles. The molecule has 0 atom stereocenters. The van der Waals surface area contributed by atoms with Crippen LogP contribution in [0.3, 0.4) is 0 Å². The molecule has 5 nitrogen and oxygen atoms in total. The third-order valence-electron chi connectivity index (χ3n) is 3.45. The van der Waals surface area contributed by atoms with Crippen LogP contribution < -0.4 is 16.0 Å². The predicted octanol–water partition coefficient (Wildman–Crippen LogP) is 1.40. The normalized spacial score (nSPS) is 20.4. The Morgan fingerprint density at radius 1 is 1.17 bits per heavy atom. The number of anilines is 2. The van der Waals surface area contributed by atoms with Crippen molar-refractivity contribution in [3.8, 4) is 0 Å². The lowest BCUT2D eigenvalue weighted by atomic mass is 10.1. The summed E-state index contributed by atoms with van der Waals surface area (Å²) in [5.41, 5.74) is 5.91. The van der Waals surface area contributed by atoms with Crippen molar-refractivity contribution in [2.24, 2.45) is 5.73 Å². The second-order valence-corrected chi connectivity index (χ2v) is 5.00. The molecule has 0 spiro atoms. The van der Waals surface area contributed by atoms with E-state index in [1.807, 2.05) is 0 Å². The number of halogens is 1. The lowest BCUT2D eigenvalue weighted by molar-refractivity contribution is 0.498. The molecule has 0 amide bonds. The lowest BCUT2D eigenvalue weighted by Crippen LogP contribution is -2.40. The molecule has 6 heteroatoms. The monoisotopic (exact) mass is 269 g/mol. The van der Waals surface area contributed by atoms with Crippen LogP contribution in [0.1, 0.15) is 25.7 Å². The summed E-state index contributed by atoms with van der Waals surface area (Å²) in [7, 11) is 0. The molecule has 2 fully saturated rings. The second-order valence-electron chi connectivity index (χ2n) is 5.00. The molecule has 2 heterocycles. The average molecular weight is 270 g/mol. The third kappa shape index (κ3) is 3.23. The first-order valence-corrected chi connectivity index (χ1v) is 6.40. The molecule has 0 aromatic carbocycles. The van der Waals surface area contributed by atoms with Gasteiger partial charge in [-0.15, -0.1) is 12.4 Å². The molecule has 0 radical (unpaired) electrons.